The van der Waals surface area contributed by atoms with E-state index in [-0.39, 0.29) is 12.0 Å². The van der Waals surface area contributed by atoms with E-state index in [0.29, 0.717) is 29.7 Å². The number of amides is 1. The van der Waals surface area contributed by atoms with Crippen molar-refractivity contribution in [3.63, 3.8) is 0 Å². The Morgan fingerprint density at radius 2 is 1.81 bits per heavy atom. The molecule has 1 aromatic heterocycles. The van der Waals surface area contributed by atoms with Crippen LogP contribution >= 0.6 is 11.6 Å². The van der Waals surface area contributed by atoms with E-state index in [9.17, 15) is 4.79 Å². The number of rotatable bonds is 4. The lowest BCUT2D eigenvalue weighted by Gasteiger charge is -2.32. The Bertz CT molecular complexity index is 763. The van der Waals surface area contributed by atoms with Gasteiger partial charge in [-0.15, -0.1) is 0 Å². The van der Waals surface area contributed by atoms with Crippen LogP contribution in [0.4, 0.5) is 0 Å². The molecule has 0 aliphatic carbocycles. The van der Waals surface area contributed by atoms with Crippen LogP contribution in [-0.2, 0) is 4.74 Å². The summed E-state index contributed by atoms with van der Waals surface area (Å²) >= 11 is 5.91. The largest absolute Gasteiger partial charge is 0.490 e. The number of carbonyl (C=O) groups is 1. The highest BCUT2D eigenvalue weighted by Gasteiger charge is 2.26. The molecule has 0 saturated carbocycles. The van der Waals surface area contributed by atoms with Crippen molar-refractivity contribution in [2.75, 3.05) is 26.3 Å². The van der Waals surface area contributed by atoms with Crippen LogP contribution in [0.2, 0.25) is 5.02 Å². The number of piperidine rings is 1. The molecule has 2 fully saturated rings. The summed E-state index contributed by atoms with van der Waals surface area (Å²) in [6.07, 6.45) is 7.24. The molecule has 2 saturated heterocycles. The number of hydrogen-bond acceptors (Lipinski definition) is 4. The molecule has 0 radical (unpaired) electrons. The maximum absolute atomic E-state index is 12.8. The zero-order valence-electron chi connectivity index (χ0n) is 15.2. The lowest BCUT2D eigenvalue weighted by atomic mass is 10.1. The number of nitrogens with zero attached hydrogens (tertiary/aromatic N) is 3. The van der Waals surface area contributed by atoms with Crippen molar-refractivity contribution in [1.29, 1.82) is 0 Å². The van der Waals surface area contributed by atoms with E-state index in [1.165, 1.54) is 0 Å². The van der Waals surface area contributed by atoms with Gasteiger partial charge in [-0.1, -0.05) is 11.6 Å². The third kappa shape index (κ3) is 4.45. The van der Waals surface area contributed by atoms with Crippen molar-refractivity contribution in [2.45, 2.75) is 37.8 Å². The van der Waals surface area contributed by atoms with Crippen LogP contribution in [0.5, 0.6) is 5.75 Å². The lowest BCUT2D eigenvalue weighted by molar-refractivity contribution is 0.0594. The van der Waals surface area contributed by atoms with Crippen LogP contribution in [0, 0.1) is 0 Å². The van der Waals surface area contributed by atoms with E-state index >= 15 is 0 Å². The second-order valence-electron chi connectivity index (χ2n) is 7.12. The van der Waals surface area contributed by atoms with Gasteiger partial charge in [0.2, 0.25) is 0 Å². The zero-order chi connectivity index (χ0) is 18.6. The van der Waals surface area contributed by atoms with Gasteiger partial charge in [-0.25, -0.2) is 0 Å². The fourth-order valence-corrected chi connectivity index (χ4v) is 3.79. The highest BCUT2D eigenvalue weighted by atomic mass is 35.5. The van der Waals surface area contributed by atoms with Crippen molar-refractivity contribution in [1.82, 2.24) is 14.7 Å². The molecule has 6 nitrogen and oxygen atoms in total. The Morgan fingerprint density at radius 1 is 1.11 bits per heavy atom. The standard InChI is InChI=1S/C20H24ClN3O3/c21-16-1-3-18(4-2-16)27-19-5-9-23(10-6-19)20(25)15-13-22-24(14-15)17-7-11-26-12-8-17/h1-4,13-14,17,19H,5-12H2. The van der Waals surface area contributed by atoms with Gasteiger partial charge in [0.05, 0.1) is 17.8 Å². The van der Waals surface area contributed by atoms with Crippen molar-refractivity contribution in [3.05, 3.63) is 47.2 Å². The Hall–Kier alpha value is -2.05. The van der Waals surface area contributed by atoms with Crippen LogP contribution in [-0.4, -0.2) is 53.0 Å². The number of halogens is 1. The van der Waals surface area contributed by atoms with Crippen LogP contribution in [0.1, 0.15) is 42.1 Å². The Labute approximate surface area is 164 Å². The minimum atomic E-state index is 0.0539. The maximum Gasteiger partial charge on any atom is 0.257 e. The first-order valence-electron chi connectivity index (χ1n) is 9.52. The molecular weight excluding hydrogens is 366 g/mol. The minimum Gasteiger partial charge on any atom is -0.490 e. The number of ether oxygens (including phenoxy) is 2. The molecule has 4 rings (SSSR count). The fraction of sp³-hybridized carbons (Fsp3) is 0.500. The topological polar surface area (TPSA) is 56.6 Å². The average molecular weight is 390 g/mol. The van der Waals surface area contributed by atoms with Crippen molar-refractivity contribution in [2.24, 2.45) is 0 Å². The summed E-state index contributed by atoms with van der Waals surface area (Å²) < 4.78 is 13.3. The van der Waals surface area contributed by atoms with Gasteiger partial charge in [-0.2, -0.15) is 5.10 Å². The van der Waals surface area contributed by atoms with E-state index in [1.807, 2.05) is 40.0 Å². The summed E-state index contributed by atoms with van der Waals surface area (Å²) in [6.45, 7) is 2.91. The molecule has 0 bridgehead atoms. The third-order valence-corrected chi connectivity index (χ3v) is 5.51. The zero-order valence-corrected chi connectivity index (χ0v) is 16.0. The summed E-state index contributed by atoms with van der Waals surface area (Å²) in [6, 6.07) is 7.74. The molecule has 2 aliphatic heterocycles. The molecule has 144 valence electrons. The van der Waals surface area contributed by atoms with Crippen molar-refractivity contribution in [3.8, 4) is 5.75 Å². The number of aromatic nitrogens is 2. The van der Waals surface area contributed by atoms with Crippen LogP contribution < -0.4 is 4.74 Å². The molecule has 0 unspecified atom stereocenters. The van der Waals surface area contributed by atoms with Crippen molar-refractivity contribution < 1.29 is 14.3 Å². The first-order valence-corrected chi connectivity index (χ1v) is 9.90. The first kappa shape index (κ1) is 18.3. The van der Waals surface area contributed by atoms with E-state index < -0.39 is 0 Å². The van der Waals surface area contributed by atoms with Gasteiger partial charge in [0, 0.05) is 50.4 Å². The van der Waals surface area contributed by atoms with Crippen LogP contribution in [0.15, 0.2) is 36.7 Å². The maximum atomic E-state index is 12.8. The monoisotopic (exact) mass is 389 g/mol. The number of likely N-dealkylation sites (tertiary alicyclic amines) is 1. The van der Waals surface area contributed by atoms with Gasteiger partial charge in [0.1, 0.15) is 11.9 Å². The summed E-state index contributed by atoms with van der Waals surface area (Å²) in [7, 11) is 0. The first-order chi connectivity index (χ1) is 13.2. The Kier molecular flexibility index (Phi) is 5.64. The van der Waals surface area contributed by atoms with Gasteiger partial charge in [-0.3, -0.25) is 9.48 Å². The molecule has 27 heavy (non-hydrogen) atoms. The SMILES string of the molecule is O=C(c1cnn(C2CCOCC2)c1)N1CCC(Oc2ccc(Cl)cc2)CC1. The molecule has 2 aromatic rings. The van der Waals surface area contributed by atoms with Gasteiger partial charge in [0.25, 0.3) is 5.91 Å². The van der Waals surface area contributed by atoms with Gasteiger partial charge < -0.3 is 14.4 Å². The summed E-state index contributed by atoms with van der Waals surface area (Å²) in [4.78, 5) is 14.7. The van der Waals surface area contributed by atoms with Crippen molar-refractivity contribution >= 4 is 17.5 Å². The van der Waals surface area contributed by atoms with Gasteiger partial charge >= 0.3 is 0 Å². The van der Waals surface area contributed by atoms with E-state index in [0.717, 1.165) is 44.6 Å². The summed E-state index contributed by atoms with van der Waals surface area (Å²) in [5.74, 6) is 0.875. The molecule has 1 amide bonds. The average Bonchev–Trinajstić information content (AvgIpc) is 3.21. The van der Waals surface area contributed by atoms with Crippen LogP contribution in [0.3, 0.4) is 0 Å². The molecular formula is C20H24ClN3O3. The molecule has 0 N–H and O–H groups in total. The highest BCUT2D eigenvalue weighted by Crippen LogP contribution is 2.23. The molecule has 0 atom stereocenters. The number of hydrogen-bond donors (Lipinski definition) is 0. The molecule has 1 aromatic carbocycles. The van der Waals surface area contributed by atoms with Gasteiger partial charge in [0.15, 0.2) is 0 Å². The smallest absolute Gasteiger partial charge is 0.257 e. The highest BCUT2D eigenvalue weighted by molar-refractivity contribution is 6.30. The van der Waals surface area contributed by atoms with Crippen LogP contribution in [0.25, 0.3) is 0 Å². The normalized spacial score (nSPS) is 19.2. The van der Waals surface area contributed by atoms with Gasteiger partial charge in [-0.05, 0) is 37.1 Å². The molecule has 2 aliphatic rings. The lowest BCUT2D eigenvalue weighted by Crippen LogP contribution is -2.41. The predicted octanol–water partition coefficient (Wildman–Crippen LogP) is 3.57. The minimum absolute atomic E-state index is 0.0539. The number of carbonyl (C=O) groups excluding carboxylic acids is 1. The molecule has 0 spiro atoms. The Morgan fingerprint density at radius 3 is 2.52 bits per heavy atom. The van der Waals surface area contributed by atoms with E-state index in [4.69, 9.17) is 21.1 Å². The number of benzene rings is 1. The predicted molar refractivity (Wildman–Crippen MR) is 102 cm³/mol. The summed E-state index contributed by atoms with van der Waals surface area (Å²) in [5.41, 5.74) is 0.665. The van der Waals surface area contributed by atoms with E-state index in [2.05, 4.69) is 5.10 Å². The quantitative estimate of drug-likeness (QED) is 0.802. The second-order valence-corrected chi connectivity index (χ2v) is 7.55. The van der Waals surface area contributed by atoms with E-state index in [1.54, 1.807) is 6.20 Å². The molecule has 3 heterocycles. The summed E-state index contributed by atoms with van der Waals surface area (Å²) in [5, 5.41) is 5.11. The Balaban J connectivity index is 1.30. The fourth-order valence-electron chi connectivity index (χ4n) is 3.66. The second kappa shape index (κ2) is 8.31. The third-order valence-electron chi connectivity index (χ3n) is 5.26. The molecule has 7 heteroatoms.